The van der Waals surface area contributed by atoms with Crippen LogP contribution in [-0.4, -0.2) is 214 Å². The van der Waals surface area contributed by atoms with Gasteiger partial charge in [0.25, 0.3) is 0 Å². The van der Waals surface area contributed by atoms with Crippen LogP contribution in [0.2, 0.25) is 0 Å². The van der Waals surface area contributed by atoms with E-state index in [1.807, 2.05) is 0 Å². The zero-order chi connectivity index (χ0) is 81.9. The number of hydrogen-bond acceptors (Lipinski definition) is 32. The van der Waals surface area contributed by atoms with E-state index >= 15 is 0 Å². The fraction of sp³-hybridized carbons (Fsp3) is 0.182. The summed E-state index contributed by atoms with van der Waals surface area (Å²) in [5.74, 6) is -2.67. The van der Waals surface area contributed by atoms with Gasteiger partial charge in [0.15, 0.2) is 0 Å². The molecular weight excluding hydrogens is 1510 g/mol. The monoisotopic (exact) mass is 1600 g/mol. The smallest absolute Gasteiger partial charge is 0.545 e. The van der Waals surface area contributed by atoms with Crippen molar-refractivity contribution in [3.8, 4) is 45.6 Å². The van der Waals surface area contributed by atoms with E-state index in [1.165, 1.54) is 29.4 Å². The van der Waals surface area contributed by atoms with E-state index in [2.05, 4.69) is 39.9 Å². The minimum absolute atomic E-state index is 0. The molecule has 42 heteroatoms. The van der Waals surface area contributed by atoms with Crippen LogP contribution in [0.3, 0.4) is 0 Å². The summed E-state index contributed by atoms with van der Waals surface area (Å²) in [5, 5.41) is 49.9. The largest absolute Gasteiger partial charge is 2.00 e. The number of carboxylic acid groups (broad SMARTS) is 2. The molecule has 0 aliphatic heterocycles. The van der Waals surface area contributed by atoms with Crippen LogP contribution in [0.4, 0.5) is 45.5 Å². The summed E-state index contributed by atoms with van der Waals surface area (Å²) in [5.41, 5.74) is 56.2. The minimum atomic E-state index is -1.75. The Morgan fingerprint density at radius 3 is 0.435 bits per heavy atom. The maximum Gasteiger partial charge on any atom is 2.00 e. The van der Waals surface area contributed by atoms with Crippen LogP contribution in [0.15, 0.2) is 171 Å². The Hall–Kier alpha value is -14.0. The number of hydrogen-bond donors (Lipinski definition) is 8. The van der Waals surface area contributed by atoms with Crippen LogP contribution in [0, 0.1) is 30.6 Å². The van der Waals surface area contributed by atoms with Crippen molar-refractivity contribution in [2.24, 2.45) is 0 Å². The molecule has 0 aliphatic carbocycles. The number of pyridine rings is 8. The van der Waals surface area contributed by atoms with Crippen LogP contribution in [0.25, 0.3) is 45.6 Å². The fourth-order valence-corrected chi connectivity index (χ4v) is 5.44. The molecule has 0 saturated heterocycles. The van der Waals surface area contributed by atoms with Gasteiger partial charge in [-0.1, -0.05) is 24.3 Å². The van der Waals surface area contributed by atoms with Crippen LogP contribution in [0.5, 0.6) is 0 Å². The molecule has 9 rings (SSSR count). The summed E-state index contributed by atoms with van der Waals surface area (Å²) >= 11 is 0. The van der Waals surface area contributed by atoms with Crippen molar-refractivity contribution in [2.45, 2.75) is 0 Å². The number of carbonyl (C=O) groups excluding carboxylic acids is 8. The molecule has 0 spiro atoms. The molecule has 1 aromatic carbocycles. The van der Waals surface area contributed by atoms with E-state index in [4.69, 9.17) is 76.5 Å². The number of anilines is 8. The average Bonchev–Trinajstić information content (AvgIpc) is 0.907. The van der Waals surface area contributed by atoms with Gasteiger partial charge < -0.3 is 126 Å². The Balaban J connectivity index is -0.000000269. The number of aromatic nitrogens is 8. The number of carbonyl (C=O) groups is 8. The standard InChI is InChI=1S/4C10H10N4.C8H6O4.6C3H7NO.2Cu.2NO3/c4*11-7-1-3-13-9(5-7)10-6-8(12)2-4-14-10;9-7(10)5-1-2-6(4-3-5)8(11)12;6*1-4(2)3-5;;;2*2-1(3)4/h4*1-6H,(H2,11,13)(H2,12,14);1-4H,(H,9,10)(H,11,12);6*3H,1-2H3;;;;/q;;;;;;;;;;;2*+2;2*-1/p-2. The molecule has 8 heterocycles. The van der Waals surface area contributed by atoms with E-state index in [9.17, 15) is 48.6 Å². The molecule has 16 N–H and O–H groups in total. The molecule has 0 aliphatic rings. The van der Waals surface area contributed by atoms with E-state index in [0.29, 0.717) is 45.5 Å². The number of rotatable bonds is 12. The number of amides is 6. The van der Waals surface area contributed by atoms with Crippen molar-refractivity contribution in [3.63, 3.8) is 0 Å². The molecule has 0 atom stereocenters. The maximum atomic E-state index is 10.2. The van der Waals surface area contributed by atoms with Gasteiger partial charge in [0, 0.05) is 180 Å². The molecule has 2 radical (unpaired) electrons. The molecule has 0 unspecified atom stereocenters. The molecule has 9 aromatic rings. The molecular formula is C66H86Cu2N24O16. The SMILES string of the molecule is CN(C)C=O.CN(C)C=O.CN(C)C=O.CN(C)C=O.CN(C)C=O.CN(C)C=O.Nc1ccnc(-c2cc(N)ccn2)c1.Nc1ccnc(-c2cc(N)ccn2)c1.Nc1ccnc(-c2cc(N)ccn2)c1.Nc1ccnc(-c2cc(N)ccn2)c1.O=C([O-])c1ccc(C(=O)[O-])cc1.O=[N+]([O-])[O-].O=[N+]([O-])[O-].[Cu+2].[Cu+2]. The summed E-state index contributed by atoms with van der Waals surface area (Å²) < 4.78 is 0. The third-order valence-corrected chi connectivity index (χ3v) is 9.94. The Morgan fingerprint density at radius 2 is 0.370 bits per heavy atom. The molecule has 0 saturated carbocycles. The Labute approximate surface area is 643 Å². The number of nitrogen functional groups attached to an aromatic ring is 8. The number of aromatic carboxylic acids is 2. The topological polar surface area (TPSA) is 646 Å². The zero-order valence-corrected chi connectivity index (χ0v) is 62.4. The average molecular weight is 1600 g/mol. The number of carboxylic acids is 2. The number of benzene rings is 1. The van der Waals surface area contributed by atoms with Crippen molar-refractivity contribution in [2.75, 3.05) is 130 Å². The van der Waals surface area contributed by atoms with Gasteiger partial charge in [0.1, 0.15) is 0 Å². The third-order valence-electron chi connectivity index (χ3n) is 9.94. The second kappa shape index (κ2) is 62.8. The quantitative estimate of drug-likeness (QED) is 0.0371. The van der Waals surface area contributed by atoms with Gasteiger partial charge in [0.05, 0.1) is 67.7 Å². The molecule has 108 heavy (non-hydrogen) atoms. The van der Waals surface area contributed by atoms with Crippen molar-refractivity contribution in [3.05, 3.63) is 213 Å². The van der Waals surface area contributed by atoms with Crippen molar-refractivity contribution in [1.29, 1.82) is 0 Å². The van der Waals surface area contributed by atoms with Gasteiger partial charge >= 0.3 is 34.1 Å². The van der Waals surface area contributed by atoms with Gasteiger partial charge in [-0.05, 0) is 108 Å². The van der Waals surface area contributed by atoms with Crippen LogP contribution < -0.4 is 56.1 Å². The fourth-order valence-electron chi connectivity index (χ4n) is 5.44. The molecule has 0 fully saturated rings. The normalized spacial score (nSPS) is 8.56. The number of nitrogens with two attached hydrogens (primary N) is 8. The third kappa shape index (κ3) is 60.8. The second-order valence-electron chi connectivity index (χ2n) is 20.8. The summed E-state index contributed by atoms with van der Waals surface area (Å²) in [6, 6.07) is 32.6. The van der Waals surface area contributed by atoms with Gasteiger partial charge in [-0.25, -0.2) is 0 Å². The van der Waals surface area contributed by atoms with Crippen LogP contribution >= 0.6 is 0 Å². The molecule has 6 amide bonds. The minimum Gasteiger partial charge on any atom is -0.545 e. The number of nitrogens with zero attached hydrogens (tertiary/aromatic N) is 16. The Morgan fingerprint density at radius 1 is 0.278 bits per heavy atom. The first-order valence-corrected chi connectivity index (χ1v) is 29.3. The van der Waals surface area contributed by atoms with E-state index < -0.39 is 22.1 Å². The molecule has 588 valence electrons. The first-order chi connectivity index (χ1) is 49.7. The molecule has 40 nitrogen and oxygen atoms in total. The molecule has 0 bridgehead atoms. The zero-order valence-electron chi connectivity index (χ0n) is 60.5. The molecule has 8 aromatic heterocycles. The van der Waals surface area contributed by atoms with E-state index in [1.54, 1.807) is 231 Å². The first-order valence-electron chi connectivity index (χ1n) is 29.3. The van der Waals surface area contributed by atoms with Crippen molar-refractivity contribution < 1.29 is 92.9 Å². The first kappa shape index (κ1) is 105. The summed E-state index contributed by atoms with van der Waals surface area (Å²) in [6.45, 7) is 0. The second-order valence-corrected chi connectivity index (χ2v) is 20.8. The van der Waals surface area contributed by atoms with Crippen LogP contribution in [-0.2, 0) is 62.9 Å². The Kier molecular flexibility index (Phi) is 61.0. The summed E-state index contributed by atoms with van der Waals surface area (Å²) in [7, 11) is 20.2. The maximum absolute atomic E-state index is 10.2. The van der Waals surface area contributed by atoms with Gasteiger partial charge in [0.2, 0.25) is 38.5 Å². The van der Waals surface area contributed by atoms with Crippen LogP contribution in [0.1, 0.15) is 20.7 Å². The summed E-state index contributed by atoms with van der Waals surface area (Å²) in [6.07, 6.45) is 17.7. The predicted octanol–water partition coefficient (Wildman–Crippen LogP) is 1.39. The van der Waals surface area contributed by atoms with Gasteiger partial charge in [-0.15, -0.1) is 0 Å². The van der Waals surface area contributed by atoms with Gasteiger partial charge in [-0.3, -0.25) is 68.6 Å². The van der Waals surface area contributed by atoms with E-state index in [0.717, 1.165) is 108 Å². The van der Waals surface area contributed by atoms with E-state index in [-0.39, 0.29) is 45.3 Å². The predicted molar refractivity (Wildman–Crippen MR) is 400 cm³/mol. The van der Waals surface area contributed by atoms with Crippen molar-refractivity contribution >= 4 is 95.9 Å². The Bertz CT molecular complexity index is 3380. The van der Waals surface area contributed by atoms with Crippen molar-refractivity contribution in [1.82, 2.24) is 69.3 Å². The summed E-state index contributed by atoms with van der Waals surface area (Å²) in [4.78, 5) is 135. The van der Waals surface area contributed by atoms with Gasteiger partial charge in [-0.2, -0.15) is 0 Å².